The number of halogens is 3. The van der Waals surface area contributed by atoms with E-state index in [0.29, 0.717) is 60.5 Å². The van der Waals surface area contributed by atoms with E-state index in [9.17, 15) is 22.8 Å². The third-order valence-corrected chi connectivity index (χ3v) is 6.52. The highest BCUT2D eigenvalue weighted by Crippen LogP contribution is 2.33. The fourth-order valence-electron chi connectivity index (χ4n) is 3.48. The van der Waals surface area contributed by atoms with Crippen molar-refractivity contribution >= 4 is 23.2 Å². The summed E-state index contributed by atoms with van der Waals surface area (Å²) in [6.07, 6.45) is -3.64. The molecule has 0 aliphatic carbocycles. The summed E-state index contributed by atoms with van der Waals surface area (Å²) in [6.45, 7) is 5.32. The molecule has 0 saturated carbocycles. The molecule has 0 spiro atoms. The summed E-state index contributed by atoms with van der Waals surface area (Å²) in [5.41, 5.74) is 0.367. The van der Waals surface area contributed by atoms with Gasteiger partial charge in [0.15, 0.2) is 0 Å². The zero-order chi connectivity index (χ0) is 24.0. The summed E-state index contributed by atoms with van der Waals surface area (Å²) in [5.74, 6) is -0.197. The second-order valence-corrected chi connectivity index (χ2v) is 8.77. The fourth-order valence-corrected chi connectivity index (χ4v) is 4.52. The molecule has 1 aromatic carbocycles. The Morgan fingerprint density at radius 2 is 1.82 bits per heavy atom. The SMILES string of the molecule is COCCCNC(=O)CN1CCN(C(=O)c2sc(-c3ccc(C(F)(F)F)cc3)nc2C)CC1. The Kier molecular flexibility index (Phi) is 8.44. The molecule has 180 valence electrons. The van der Waals surface area contributed by atoms with Crippen molar-refractivity contribution in [1.29, 1.82) is 0 Å². The molecule has 1 N–H and O–H groups in total. The van der Waals surface area contributed by atoms with Crippen molar-refractivity contribution in [3.63, 3.8) is 0 Å². The Hall–Kier alpha value is -2.50. The number of ether oxygens (including phenoxy) is 1. The number of thiazole rings is 1. The molecule has 1 aliphatic rings. The first-order valence-corrected chi connectivity index (χ1v) is 11.4. The highest BCUT2D eigenvalue weighted by molar-refractivity contribution is 7.17. The number of hydrogen-bond acceptors (Lipinski definition) is 6. The van der Waals surface area contributed by atoms with Gasteiger partial charge in [-0.3, -0.25) is 14.5 Å². The molecule has 1 saturated heterocycles. The van der Waals surface area contributed by atoms with Crippen LogP contribution in [0, 0.1) is 6.92 Å². The maximum absolute atomic E-state index is 13.0. The van der Waals surface area contributed by atoms with Gasteiger partial charge < -0.3 is 15.0 Å². The van der Waals surface area contributed by atoms with Gasteiger partial charge in [0, 0.05) is 52.0 Å². The molecule has 1 aromatic heterocycles. The van der Waals surface area contributed by atoms with Gasteiger partial charge in [-0.1, -0.05) is 12.1 Å². The topological polar surface area (TPSA) is 74.8 Å². The maximum atomic E-state index is 13.0. The van der Waals surface area contributed by atoms with Crippen molar-refractivity contribution in [2.24, 2.45) is 0 Å². The van der Waals surface area contributed by atoms with Crippen LogP contribution in [0.5, 0.6) is 0 Å². The van der Waals surface area contributed by atoms with E-state index >= 15 is 0 Å². The number of piperazine rings is 1. The van der Waals surface area contributed by atoms with Gasteiger partial charge in [0.25, 0.3) is 5.91 Å². The largest absolute Gasteiger partial charge is 0.416 e. The molecule has 7 nitrogen and oxygen atoms in total. The van der Waals surface area contributed by atoms with Crippen LogP contribution in [0.4, 0.5) is 13.2 Å². The van der Waals surface area contributed by atoms with Gasteiger partial charge in [-0.25, -0.2) is 4.98 Å². The van der Waals surface area contributed by atoms with E-state index in [2.05, 4.69) is 10.3 Å². The number of aryl methyl sites for hydroxylation is 1. The number of benzene rings is 1. The summed E-state index contributed by atoms with van der Waals surface area (Å²) in [7, 11) is 1.62. The summed E-state index contributed by atoms with van der Waals surface area (Å²) in [5, 5.41) is 3.36. The number of nitrogens with one attached hydrogen (secondary N) is 1. The molecule has 3 rings (SSSR count). The predicted molar refractivity (Wildman–Crippen MR) is 119 cm³/mol. The second-order valence-electron chi connectivity index (χ2n) is 7.77. The highest BCUT2D eigenvalue weighted by Gasteiger charge is 2.30. The van der Waals surface area contributed by atoms with Gasteiger partial charge in [-0.2, -0.15) is 13.2 Å². The van der Waals surface area contributed by atoms with Crippen molar-refractivity contribution in [1.82, 2.24) is 20.1 Å². The van der Waals surface area contributed by atoms with Crippen LogP contribution >= 0.6 is 11.3 Å². The van der Waals surface area contributed by atoms with Gasteiger partial charge in [0.1, 0.15) is 9.88 Å². The van der Waals surface area contributed by atoms with E-state index < -0.39 is 11.7 Å². The molecule has 0 atom stereocenters. The van der Waals surface area contributed by atoms with Gasteiger partial charge in [0.05, 0.1) is 17.8 Å². The molecule has 0 unspecified atom stereocenters. The molecule has 1 fully saturated rings. The van der Waals surface area contributed by atoms with Crippen molar-refractivity contribution in [2.75, 3.05) is 53.0 Å². The quantitative estimate of drug-likeness (QED) is 0.583. The molecule has 33 heavy (non-hydrogen) atoms. The van der Waals surface area contributed by atoms with Crippen molar-refractivity contribution < 1.29 is 27.5 Å². The maximum Gasteiger partial charge on any atom is 0.416 e. The summed E-state index contributed by atoms with van der Waals surface area (Å²) in [4.78, 5) is 33.7. The van der Waals surface area contributed by atoms with E-state index in [0.717, 1.165) is 18.6 Å². The Bertz CT molecular complexity index is 955. The molecule has 2 heterocycles. The first-order valence-electron chi connectivity index (χ1n) is 10.6. The summed E-state index contributed by atoms with van der Waals surface area (Å²) < 4.78 is 43.3. The molecule has 2 aromatic rings. The lowest BCUT2D eigenvalue weighted by Gasteiger charge is -2.34. The Morgan fingerprint density at radius 1 is 1.15 bits per heavy atom. The van der Waals surface area contributed by atoms with Crippen LogP contribution in [0.3, 0.4) is 0 Å². The number of carbonyl (C=O) groups is 2. The second kappa shape index (κ2) is 11.1. The van der Waals surface area contributed by atoms with E-state index in [4.69, 9.17) is 4.74 Å². The number of methoxy groups -OCH3 is 1. The molecule has 1 aliphatic heterocycles. The van der Waals surface area contributed by atoms with Crippen LogP contribution in [0.15, 0.2) is 24.3 Å². The number of carbonyl (C=O) groups excluding carboxylic acids is 2. The molecule has 0 radical (unpaired) electrons. The molecular formula is C22H27F3N4O3S. The number of rotatable bonds is 8. The van der Waals surface area contributed by atoms with E-state index in [1.54, 1.807) is 18.9 Å². The van der Waals surface area contributed by atoms with Gasteiger partial charge >= 0.3 is 6.18 Å². The van der Waals surface area contributed by atoms with Crippen molar-refractivity contribution in [2.45, 2.75) is 19.5 Å². The van der Waals surface area contributed by atoms with Gasteiger partial charge in [-0.05, 0) is 25.5 Å². The summed E-state index contributed by atoms with van der Waals surface area (Å²) in [6, 6.07) is 4.77. The number of alkyl halides is 3. The predicted octanol–water partition coefficient (Wildman–Crippen LogP) is 3.05. The minimum Gasteiger partial charge on any atom is -0.385 e. The van der Waals surface area contributed by atoms with Crippen LogP contribution in [0.25, 0.3) is 10.6 Å². The van der Waals surface area contributed by atoms with Crippen molar-refractivity contribution in [3.8, 4) is 10.6 Å². The van der Waals surface area contributed by atoms with E-state index in [1.165, 1.54) is 23.5 Å². The lowest BCUT2D eigenvalue weighted by Crippen LogP contribution is -2.51. The molecule has 2 amide bonds. The first-order chi connectivity index (χ1) is 15.7. The number of hydrogen-bond donors (Lipinski definition) is 1. The van der Waals surface area contributed by atoms with Crippen LogP contribution in [0.2, 0.25) is 0 Å². The number of aromatic nitrogens is 1. The number of nitrogens with zero attached hydrogens (tertiary/aromatic N) is 3. The molecule has 0 bridgehead atoms. The van der Waals surface area contributed by atoms with Crippen LogP contribution in [0.1, 0.15) is 27.3 Å². The standard InChI is InChI=1S/C22H27F3N4O3S/c1-15-19(33-20(27-15)16-4-6-17(7-5-16)22(23,24)25)21(31)29-11-9-28(10-12-29)14-18(30)26-8-3-13-32-2/h4-7H,3,8-14H2,1-2H3,(H,26,30). The minimum absolute atomic E-state index is 0.0506. The van der Waals surface area contributed by atoms with Crippen LogP contribution in [-0.4, -0.2) is 79.6 Å². The average Bonchev–Trinajstić information content (AvgIpc) is 3.18. The van der Waals surface area contributed by atoms with Gasteiger partial charge in [-0.15, -0.1) is 11.3 Å². The van der Waals surface area contributed by atoms with Crippen molar-refractivity contribution in [3.05, 3.63) is 40.4 Å². The monoisotopic (exact) mass is 484 g/mol. The summed E-state index contributed by atoms with van der Waals surface area (Å²) >= 11 is 1.18. The zero-order valence-corrected chi connectivity index (χ0v) is 19.4. The van der Waals surface area contributed by atoms with E-state index in [1.807, 2.05) is 4.90 Å². The third-order valence-electron chi connectivity index (χ3n) is 5.32. The molecule has 11 heteroatoms. The Labute approximate surface area is 194 Å². The Balaban J connectivity index is 1.55. The normalized spacial score (nSPS) is 15.0. The lowest BCUT2D eigenvalue weighted by atomic mass is 10.1. The van der Waals surface area contributed by atoms with Crippen LogP contribution < -0.4 is 5.32 Å². The minimum atomic E-state index is -4.40. The molecular weight excluding hydrogens is 457 g/mol. The highest BCUT2D eigenvalue weighted by atomic mass is 32.1. The zero-order valence-electron chi connectivity index (χ0n) is 18.6. The van der Waals surface area contributed by atoms with Crippen LogP contribution in [-0.2, 0) is 15.7 Å². The smallest absolute Gasteiger partial charge is 0.385 e. The third kappa shape index (κ3) is 6.75. The number of amides is 2. The fraction of sp³-hybridized carbons (Fsp3) is 0.500. The lowest BCUT2D eigenvalue weighted by molar-refractivity contribution is -0.137. The first kappa shape index (κ1) is 25.1. The average molecular weight is 485 g/mol. The Morgan fingerprint density at radius 3 is 2.42 bits per heavy atom. The van der Waals surface area contributed by atoms with E-state index in [-0.39, 0.29) is 18.4 Å². The van der Waals surface area contributed by atoms with Gasteiger partial charge in [0.2, 0.25) is 5.91 Å².